The van der Waals surface area contributed by atoms with E-state index in [4.69, 9.17) is 0 Å². The zero-order valence-corrected chi connectivity index (χ0v) is 8.11. The third kappa shape index (κ3) is 1.04. The molecule has 3 nitrogen and oxygen atoms in total. The first kappa shape index (κ1) is 7.12. The first-order valence-electron chi connectivity index (χ1n) is 3.02. The smallest absolute Gasteiger partial charge is 0.137 e. The molecule has 0 radical (unpaired) electrons. The van der Waals surface area contributed by atoms with Crippen LogP contribution < -0.4 is 0 Å². The highest BCUT2D eigenvalue weighted by atomic mass is 79.9. The van der Waals surface area contributed by atoms with Crippen molar-refractivity contribution in [2.24, 2.45) is 0 Å². The molecule has 0 unspecified atom stereocenters. The van der Waals surface area contributed by atoms with Crippen molar-refractivity contribution in [3.05, 3.63) is 16.4 Å². The Kier molecular flexibility index (Phi) is 1.61. The van der Waals surface area contributed by atoms with E-state index in [9.17, 15) is 0 Å². The lowest BCUT2D eigenvalue weighted by molar-refractivity contribution is 1.25. The Hall–Kier alpha value is -0.550. The van der Waals surface area contributed by atoms with Crippen LogP contribution in [-0.2, 0) is 0 Å². The van der Waals surface area contributed by atoms with Gasteiger partial charge in [0.1, 0.15) is 15.6 Å². The third-order valence-corrected chi connectivity index (χ3v) is 2.54. The summed E-state index contributed by atoms with van der Waals surface area (Å²) in [6, 6.07) is 0. The van der Waals surface area contributed by atoms with Crippen LogP contribution >= 0.6 is 27.7 Å². The molecule has 2 heterocycles. The monoisotopic (exact) mass is 229 g/mol. The molecule has 0 amide bonds. The average Bonchev–Trinajstić information content (AvgIpc) is 2.45. The minimum atomic E-state index is 0.770. The molecule has 2 aromatic heterocycles. The van der Waals surface area contributed by atoms with Gasteiger partial charge in [0.15, 0.2) is 0 Å². The summed E-state index contributed by atoms with van der Waals surface area (Å²) >= 11 is 4.51. The number of nitrogens with zero attached hydrogens (tertiary/aromatic N) is 3. The second kappa shape index (κ2) is 2.49. The Balaban J connectivity index is 2.96. The Morgan fingerprint density at radius 3 is 2.82 bits per heavy atom. The van der Waals surface area contributed by atoms with Gasteiger partial charge < -0.3 is 0 Å². The molecule has 5 heteroatoms. The molecule has 0 aromatic carbocycles. The van der Waals surface area contributed by atoms with Crippen molar-refractivity contribution >= 4 is 38.7 Å². The fourth-order valence-electron chi connectivity index (χ4n) is 0.858. The van der Waals surface area contributed by atoms with Gasteiger partial charge >= 0.3 is 0 Å². The molecule has 2 rings (SSSR count). The molecule has 0 N–H and O–H groups in total. The van der Waals surface area contributed by atoms with Crippen molar-refractivity contribution < 1.29 is 0 Å². The quantitative estimate of drug-likeness (QED) is 0.651. The highest BCUT2D eigenvalue weighted by Crippen LogP contribution is 2.21. The summed E-state index contributed by atoms with van der Waals surface area (Å²) in [4.78, 5) is 4.10. The topological polar surface area (TPSA) is 38.7 Å². The fourth-order valence-corrected chi connectivity index (χ4v) is 1.96. The predicted octanol–water partition coefficient (Wildman–Crippen LogP) is 2.16. The molecule has 0 atom stereocenters. The number of aryl methyl sites for hydroxylation is 1. The normalized spacial score (nSPS) is 10.7. The number of aromatic nitrogens is 3. The van der Waals surface area contributed by atoms with E-state index in [0.29, 0.717) is 0 Å². The van der Waals surface area contributed by atoms with E-state index in [2.05, 4.69) is 29.7 Å². The zero-order chi connectivity index (χ0) is 7.84. The molecular weight excluding hydrogens is 226 g/mol. The minimum Gasteiger partial charge on any atom is -0.247 e. The summed E-state index contributed by atoms with van der Waals surface area (Å²) in [6.45, 7) is 1.98. The van der Waals surface area contributed by atoms with Gasteiger partial charge in [0.05, 0.1) is 11.7 Å². The molecule has 2 aromatic rings. The second-order valence-electron chi connectivity index (χ2n) is 2.19. The van der Waals surface area contributed by atoms with Gasteiger partial charge in [-0.1, -0.05) is 0 Å². The highest BCUT2D eigenvalue weighted by molar-refractivity contribution is 9.10. The lowest BCUT2D eigenvalue weighted by Crippen LogP contribution is -1.82. The summed E-state index contributed by atoms with van der Waals surface area (Å²) in [7, 11) is 0. The van der Waals surface area contributed by atoms with Gasteiger partial charge in [0, 0.05) is 6.20 Å². The van der Waals surface area contributed by atoms with Crippen LogP contribution in [0, 0.1) is 6.92 Å². The molecule has 0 aliphatic rings. The largest absolute Gasteiger partial charge is 0.247 e. The van der Waals surface area contributed by atoms with Crippen LogP contribution in [0.1, 0.15) is 5.56 Å². The number of rotatable bonds is 0. The van der Waals surface area contributed by atoms with Crippen LogP contribution in [0.3, 0.4) is 0 Å². The first-order valence-corrected chi connectivity index (χ1v) is 4.55. The van der Waals surface area contributed by atoms with Gasteiger partial charge in [-0.15, -0.1) is 0 Å². The maximum atomic E-state index is 4.14. The van der Waals surface area contributed by atoms with Gasteiger partial charge in [0.2, 0.25) is 0 Å². The summed E-state index contributed by atoms with van der Waals surface area (Å²) < 4.78 is 9.01. The lowest BCUT2D eigenvalue weighted by atomic mass is 10.3. The Morgan fingerprint density at radius 1 is 1.36 bits per heavy atom. The average molecular weight is 230 g/mol. The summed E-state index contributed by atoms with van der Waals surface area (Å²) in [6.07, 6.45) is 1.79. The van der Waals surface area contributed by atoms with E-state index in [1.807, 2.05) is 6.92 Å². The van der Waals surface area contributed by atoms with Crippen LogP contribution in [0.25, 0.3) is 11.0 Å². The first-order chi connectivity index (χ1) is 5.29. The molecule has 56 valence electrons. The van der Waals surface area contributed by atoms with E-state index < -0.39 is 0 Å². The number of pyridine rings is 1. The van der Waals surface area contributed by atoms with Gasteiger partial charge in [-0.25, -0.2) is 4.98 Å². The van der Waals surface area contributed by atoms with Crippen LogP contribution in [-0.4, -0.2) is 13.7 Å². The van der Waals surface area contributed by atoms with Gasteiger partial charge in [0.25, 0.3) is 0 Å². The molecule has 0 bridgehead atoms. The second-order valence-corrected chi connectivity index (χ2v) is 3.47. The number of fused-ring (bicyclic) bond motifs is 1. The maximum Gasteiger partial charge on any atom is 0.137 e. The van der Waals surface area contributed by atoms with Crippen molar-refractivity contribution in [1.82, 2.24) is 13.7 Å². The van der Waals surface area contributed by atoms with Crippen molar-refractivity contribution in [2.75, 3.05) is 0 Å². The fraction of sp³-hybridized carbons (Fsp3) is 0.167. The molecular formula is C6H4BrN3S. The predicted molar refractivity (Wildman–Crippen MR) is 47.6 cm³/mol. The van der Waals surface area contributed by atoms with Crippen LogP contribution in [0.5, 0.6) is 0 Å². The molecule has 0 spiro atoms. The van der Waals surface area contributed by atoms with Crippen molar-refractivity contribution in [2.45, 2.75) is 6.92 Å². The lowest BCUT2D eigenvalue weighted by Gasteiger charge is -1.92. The zero-order valence-electron chi connectivity index (χ0n) is 5.71. The number of hydrogen-bond acceptors (Lipinski definition) is 4. The van der Waals surface area contributed by atoms with Crippen LogP contribution in [0.2, 0.25) is 0 Å². The minimum absolute atomic E-state index is 0.770. The molecule has 0 aliphatic carbocycles. The molecule has 0 aliphatic heterocycles. The standard InChI is InChI=1S/C6H4BrN3S/c1-3-2-8-6(7)5-4(3)9-11-10-5/h2H,1H3. The summed E-state index contributed by atoms with van der Waals surface area (Å²) in [5, 5.41) is 0. The molecule has 0 fully saturated rings. The maximum absolute atomic E-state index is 4.14. The van der Waals surface area contributed by atoms with E-state index >= 15 is 0 Å². The molecule has 11 heavy (non-hydrogen) atoms. The third-order valence-electron chi connectivity index (χ3n) is 1.43. The van der Waals surface area contributed by atoms with E-state index in [-0.39, 0.29) is 0 Å². The van der Waals surface area contributed by atoms with Gasteiger partial charge in [-0.05, 0) is 28.4 Å². The summed E-state index contributed by atoms with van der Waals surface area (Å²) in [5.41, 5.74) is 2.86. The van der Waals surface area contributed by atoms with Crippen LogP contribution in [0.4, 0.5) is 0 Å². The molecule has 0 saturated heterocycles. The number of halogens is 1. The van der Waals surface area contributed by atoms with Crippen molar-refractivity contribution in [3.63, 3.8) is 0 Å². The highest BCUT2D eigenvalue weighted by Gasteiger charge is 2.05. The molecule has 0 saturated carbocycles. The SMILES string of the molecule is Cc1cnc(Br)c2nsnc12. The Labute approximate surface area is 75.9 Å². The van der Waals surface area contributed by atoms with Gasteiger partial charge in [-0.2, -0.15) is 8.75 Å². The summed E-state index contributed by atoms with van der Waals surface area (Å²) in [5.74, 6) is 0. The van der Waals surface area contributed by atoms with E-state index in [0.717, 1.165) is 21.2 Å². The van der Waals surface area contributed by atoms with Crippen molar-refractivity contribution in [1.29, 1.82) is 0 Å². The Bertz CT molecular complexity index is 362. The van der Waals surface area contributed by atoms with E-state index in [1.54, 1.807) is 6.20 Å². The van der Waals surface area contributed by atoms with Crippen LogP contribution in [0.15, 0.2) is 10.8 Å². The van der Waals surface area contributed by atoms with E-state index in [1.165, 1.54) is 11.7 Å². The van der Waals surface area contributed by atoms with Crippen molar-refractivity contribution in [3.8, 4) is 0 Å². The Morgan fingerprint density at radius 2 is 2.09 bits per heavy atom. The van der Waals surface area contributed by atoms with Gasteiger partial charge in [-0.3, -0.25) is 0 Å². The number of hydrogen-bond donors (Lipinski definition) is 0.